The van der Waals surface area contributed by atoms with Gasteiger partial charge in [0.25, 0.3) is 0 Å². The van der Waals surface area contributed by atoms with Crippen LogP contribution in [-0.2, 0) is 0 Å². The van der Waals surface area contributed by atoms with Gasteiger partial charge >= 0.3 is 0 Å². The molecule has 4 nitrogen and oxygen atoms in total. The summed E-state index contributed by atoms with van der Waals surface area (Å²) in [5.41, 5.74) is 4.51. The molecule has 1 heterocycles. The molecule has 6 heteroatoms. The van der Waals surface area contributed by atoms with Crippen molar-refractivity contribution in [1.82, 2.24) is 10.4 Å². The van der Waals surface area contributed by atoms with Gasteiger partial charge in [0.1, 0.15) is 11.6 Å². The van der Waals surface area contributed by atoms with Crippen molar-refractivity contribution in [3.05, 3.63) is 57.2 Å². The van der Waals surface area contributed by atoms with Crippen molar-refractivity contribution in [3.63, 3.8) is 0 Å². The summed E-state index contributed by atoms with van der Waals surface area (Å²) >= 11 is 2.09. The molecule has 1 atom stereocenters. The number of halogens is 2. The summed E-state index contributed by atoms with van der Waals surface area (Å²) in [5.74, 6) is 6.09. The lowest BCUT2D eigenvalue weighted by atomic mass is 10.0. The minimum Gasteiger partial charge on any atom is -0.489 e. The molecule has 0 saturated heterocycles. The highest BCUT2D eigenvalue weighted by molar-refractivity contribution is 14.1. The number of rotatable bonds is 5. The molecule has 112 valence electrons. The summed E-state index contributed by atoms with van der Waals surface area (Å²) in [4.78, 5) is 4.18. The Morgan fingerprint density at radius 3 is 2.67 bits per heavy atom. The van der Waals surface area contributed by atoms with Crippen LogP contribution in [0.1, 0.15) is 31.0 Å². The smallest absolute Gasteiger partial charge is 0.138 e. The van der Waals surface area contributed by atoms with Crippen LogP contribution in [0.25, 0.3) is 0 Å². The Morgan fingerprint density at radius 2 is 2.05 bits per heavy atom. The normalized spacial score (nSPS) is 12.5. The molecule has 0 saturated carbocycles. The third kappa shape index (κ3) is 4.12. The lowest BCUT2D eigenvalue weighted by molar-refractivity contribution is 0.241. The summed E-state index contributed by atoms with van der Waals surface area (Å²) in [7, 11) is 0. The zero-order chi connectivity index (χ0) is 15.4. The van der Waals surface area contributed by atoms with Crippen LogP contribution in [0, 0.1) is 9.39 Å². The van der Waals surface area contributed by atoms with Crippen LogP contribution >= 0.6 is 22.6 Å². The van der Waals surface area contributed by atoms with E-state index >= 15 is 0 Å². The molecular formula is C15H17FIN3O. The molecule has 1 aromatic heterocycles. The van der Waals surface area contributed by atoms with Crippen molar-refractivity contribution in [1.29, 1.82) is 0 Å². The summed E-state index contributed by atoms with van der Waals surface area (Å²) in [5, 5.41) is 0. The molecular weight excluding hydrogens is 384 g/mol. The summed E-state index contributed by atoms with van der Waals surface area (Å²) in [6, 6.07) is 6.22. The molecule has 0 amide bonds. The Kier molecular flexibility index (Phi) is 5.49. The van der Waals surface area contributed by atoms with Crippen molar-refractivity contribution in [2.75, 3.05) is 0 Å². The van der Waals surface area contributed by atoms with E-state index in [-0.39, 0.29) is 18.0 Å². The maximum Gasteiger partial charge on any atom is 0.138 e. The minimum atomic E-state index is -0.277. The van der Waals surface area contributed by atoms with Gasteiger partial charge in [-0.1, -0.05) is 6.07 Å². The number of hydrogen-bond donors (Lipinski definition) is 2. The van der Waals surface area contributed by atoms with Crippen LogP contribution in [0.2, 0.25) is 0 Å². The van der Waals surface area contributed by atoms with E-state index < -0.39 is 0 Å². The maximum absolute atomic E-state index is 13.2. The van der Waals surface area contributed by atoms with E-state index in [1.807, 2.05) is 19.9 Å². The minimum absolute atomic E-state index is 0.0669. The molecule has 2 aromatic rings. The second-order valence-corrected chi connectivity index (χ2v) is 6.05. The van der Waals surface area contributed by atoms with Crippen LogP contribution < -0.4 is 16.0 Å². The molecule has 0 fully saturated rings. The second-order valence-electron chi connectivity index (χ2n) is 4.89. The fourth-order valence-corrected chi connectivity index (χ4v) is 2.82. The summed E-state index contributed by atoms with van der Waals surface area (Å²) in [6.45, 7) is 3.91. The fraction of sp³-hybridized carbons (Fsp3) is 0.267. The number of nitrogens with one attached hydrogen (secondary N) is 1. The summed E-state index contributed by atoms with van der Waals surface area (Å²) in [6.07, 6.45) is 3.45. The molecule has 1 unspecified atom stereocenters. The fourth-order valence-electron chi connectivity index (χ4n) is 2.03. The lowest BCUT2D eigenvalue weighted by Gasteiger charge is -2.19. The first-order valence-electron chi connectivity index (χ1n) is 6.54. The lowest BCUT2D eigenvalue weighted by Crippen LogP contribution is -2.29. The van der Waals surface area contributed by atoms with E-state index in [0.717, 1.165) is 14.7 Å². The van der Waals surface area contributed by atoms with E-state index in [1.165, 1.54) is 12.1 Å². The van der Waals surface area contributed by atoms with Gasteiger partial charge < -0.3 is 4.74 Å². The van der Waals surface area contributed by atoms with E-state index in [2.05, 4.69) is 33.0 Å². The predicted octanol–water partition coefficient (Wildman–Crippen LogP) is 3.17. The monoisotopic (exact) mass is 401 g/mol. The maximum atomic E-state index is 13.2. The van der Waals surface area contributed by atoms with E-state index in [9.17, 15) is 4.39 Å². The second kappa shape index (κ2) is 7.15. The molecule has 1 aromatic carbocycles. The average Bonchev–Trinajstić information content (AvgIpc) is 2.41. The SMILES string of the molecule is CC(C)Oc1cncc(C(NN)c2ccc(F)cc2I)c1. The highest BCUT2D eigenvalue weighted by Gasteiger charge is 2.17. The van der Waals surface area contributed by atoms with Gasteiger partial charge in [0.15, 0.2) is 0 Å². The Labute approximate surface area is 137 Å². The van der Waals surface area contributed by atoms with Gasteiger partial charge in [0, 0.05) is 9.77 Å². The number of hydrazine groups is 1. The molecule has 0 bridgehead atoms. The molecule has 2 rings (SSSR count). The first kappa shape index (κ1) is 16.1. The Morgan fingerprint density at radius 1 is 1.29 bits per heavy atom. The van der Waals surface area contributed by atoms with Crippen LogP contribution in [-0.4, -0.2) is 11.1 Å². The summed E-state index contributed by atoms with van der Waals surface area (Å²) < 4.78 is 19.7. The Hall–Kier alpha value is -1.25. The van der Waals surface area contributed by atoms with E-state index in [1.54, 1.807) is 18.5 Å². The standard InChI is InChI=1S/C15H17FIN3O/c1-9(2)21-12-5-10(7-19-8-12)15(20-18)13-4-3-11(16)6-14(13)17/h3-9,15,20H,18H2,1-2H3. The van der Waals surface area contributed by atoms with Crippen molar-refractivity contribution < 1.29 is 9.13 Å². The van der Waals surface area contributed by atoms with Crippen molar-refractivity contribution in [2.24, 2.45) is 5.84 Å². The van der Waals surface area contributed by atoms with Gasteiger partial charge in [0.05, 0.1) is 18.3 Å². The van der Waals surface area contributed by atoms with Crippen LogP contribution in [0.3, 0.4) is 0 Å². The number of nitrogens with zero attached hydrogens (tertiary/aromatic N) is 1. The number of benzene rings is 1. The number of hydrogen-bond acceptors (Lipinski definition) is 4. The third-order valence-corrected chi connectivity index (χ3v) is 3.81. The molecule has 0 spiro atoms. The van der Waals surface area contributed by atoms with Crippen LogP contribution in [0.5, 0.6) is 5.75 Å². The van der Waals surface area contributed by atoms with Crippen molar-refractivity contribution in [2.45, 2.75) is 26.0 Å². The van der Waals surface area contributed by atoms with E-state index in [4.69, 9.17) is 10.6 Å². The van der Waals surface area contributed by atoms with Gasteiger partial charge in [-0.25, -0.2) is 9.82 Å². The Balaban J connectivity index is 2.37. The van der Waals surface area contributed by atoms with Crippen molar-refractivity contribution in [3.8, 4) is 5.75 Å². The number of aromatic nitrogens is 1. The first-order valence-corrected chi connectivity index (χ1v) is 7.62. The number of nitrogens with two attached hydrogens (primary N) is 1. The zero-order valence-corrected chi connectivity index (χ0v) is 14.0. The highest BCUT2D eigenvalue weighted by Crippen LogP contribution is 2.28. The molecule has 21 heavy (non-hydrogen) atoms. The molecule has 0 aliphatic rings. The number of pyridine rings is 1. The van der Waals surface area contributed by atoms with Gasteiger partial charge in [-0.05, 0) is 65.8 Å². The molecule has 3 N–H and O–H groups in total. The van der Waals surface area contributed by atoms with Gasteiger partial charge in [-0.3, -0.25) is 10.8 Å². The van der Waals surface area contributed by atoms with Gasteiger partial charge in [-0.2, -0.15) is 0 Å². The van der Waals surface area contributed by atoms with E-state index in [0.29, 0.717) is 5.75 Å². The highest BCUT2D eigenvalue weighted by atomic mass is 127. The van der Waals surface area contributed by atoms with Crippen LogP contribution in [0.15, 0.2) is 36.7 Å². The van der Waals surface area contributed by atoms with Gasteiger partial charge in [0.2, 0.25) is 0 Å². The topological polar surface area (TPSA) is 60.2 Å². The first-order chi connectivity index (χ1) is 10.0. The molecule has 0 radical (unpaired) electrons. The van der Waals surface area contributed by atoms with Crippen molar-refractivity contribution >= 4 is 22.6 Å². The largest absolute Gasteiger partial charge is 0.489 e. The van der Waals surface area contributed by atoms with Crippen LogP contribution in [0.4, 0.5) is 4.39 Å². The Bertz CT molecular complexity index is 622. The molecule has 0 aliphatic heterocycles. The quantitative estimate of drug-likeness (QED) is 0.459. The average molecular weight is 401 g/mol. The predicted molar refractivity (Wildman–Crippen MR) is 88.3 cm³/mol. The van der Waals surface area contributed by atoms with Gasteiger partial charge in [-0.15, -0.1) is 0 Å². The number of ether oxygens (including phenoxy) is 1. The molecule has 0 aliphatic carbocycles. The zero-order valence-electron chi connectivity index (χ0n) is 11.8. The third-order valence-electron chi connectivity index (χ3n) is 2.88.